The molecular formula is C20H18Cl4N4O2S. The molecule has 1 amide bonds. The van der Waals surface area contributed by atoms with Crippen LogP contribution < -0.4 is 10.1 Å². The summed E-state index contributed by atoms with van der Waals surface area (Å²) >= 11 is 25.1. The maximum absolute atomic E-state index is 12.2. The van der Waals surface area contributed by atoms with Gasteiger partial charge in [-0.05, 0) is 42.8 Å². The van der Waals surface area contributed by atoms with Crippen molar-refractivity contribution < 1.29 is 9.53 Å². The van der Waals surface area contributed by atoms with Crippen LogP contribution in [0, 0.1) is 0 Å². The molecule has 0 saturated carbocycles. The molecule has 1 heterocycles. The zero-order chi connectivity index (χ0) is 22.4. The molecule has 3 rings (SSSR count). The minimum Gasteiger partial charge on any atom is -0.492 e. The highest BCUT2D eigenvalue weighted by atomic mass is 35.5. The van der Waals surface area contributed by atoms with Crippen molar-refractivity contribution in [2.45, 2.75) is 18.0 Å². The van der Waals surface area contributed by atoms with Gasteiger partial charge in [-0.15, -0.1) is 10.2 Å². The third-order valence-electron chi connectivity index (χ3n) is 4.16. The number of aryl methyl sites for hydroxylation is 1. The van der Waals surface area contributed by atoms with Crippen molar-refractivity contribution in [1.29, 1.82) is 0 Å². The summed E-state index contributed by atoms with van der Waals surface area (Å²) in [6, 6.07) is 10.0. The number of carbonyl (C=O) groups excluding carboxylic acids is 1. The third kappa shape index (κ3) is 6.92. The number of thioether (sulfide) groups is 1. The minimum absolute atomic E-state index is 0.179. The van der Waals surface area contributed by atoms with Gasteiger partial charge in [-0.1, -0.05) is 58.2 Å². The molecule has 0 bridgehead atoms. The van der Waals surface area contributed by atoms with E-state index in [2.05, 4.69) is 15.5 Å². The lowest BCUT2D eigenvalue weighted by molar-refractivity contribution is -0.113. The topological polar surface area (TPSA) is 69.0 Å². The molecule has 164 valence electrons. The molecule has 0 atom stereocenters. The Morgan fingerprint density at radius 1 is 1.06 bits per heavy atom. The van der Waals surface area contributed by atoms with E-state index in [1.165, 1.54) is 11.8 Å². The van der Waals surface area contributed by atoms with E-state index in [1.807, 2.05) is 11.6 Å². The molecule has 0 fully saturated rings. The number of aromatic nitrogens is 3. The molecule has 1 aromatic heterocycles. The van der Waals surface area contributed by atoms with Crippen molar-refractivity contribution in [3.8, 4) is 5.75 Å². The summed E-state index contributed by atoms with van der Waals surface area (Å²) in [6.07, 6.45) is 1.40. The first-order valence-electron chi connectivity index (χ1n) is 9.17. The number of amides is 1. The Kier molecular flexibility index (Phi) is 8.75. The highest BCUT2D eigenvalue weighted by Crippen LogP contribution is 2.28. The van der Waals surface area contributed by atoms with E-state index in [0.717, 1.165) is 12.2 Å². The van der Waals surface area contributed by atoms with Crippen molar-refractivity contribution >= 4 is 69.8 Å². The Balaban J connectivity index is 1.44. The summed E-state index contributed by atoms with van der Waals surface area (Å²) in [7, 11) is 1.87. The molecule has 11 heteroatoms. The number of halogens is 4. The molecule has 2 aromatic carbocycles. The number of nitrogens with zero attached hydrogens (tertiary/aromatic N) is 3. The first-order chi connectivity index (χ1) is 14.8. The van der Waals surface area contributed by atoms with Crippen LogP contribution in [0.15, 0.2) is 41.6 Å². The van der Waals surface area contributed by atoms with Crippen LogP contribution in [0.2, 0.25) is 20.1 Å². The summed E-state index contributed by atoms with van der Waals surface area (Å²) in [5, 5.41) is 13.6. The Morgan fingerprint density at radius 2 is 1.87 bits per heavy atom. The summed E-state index contributed by atoms with van der Waals surface area (Å²) in [4.78, 5) is 12.2. The summed E-state index contributed by atoms with van der Waals surface area (Å²) in [6.45, 7) is 0.475. The molecule has 0 aliphatic heterocycles. The van der Waals surface area contributed by atoms with E-state index in [9.17, 15) is 4.79 Å². The molecule has 6 nitrogen and oxygen atoms in total. The number of rotatable bonds is 9. The van der Waals surface area contributed by atoms with Gasteiger partial charge in [-0.25, -0.2) is 0 Å². The molecule has 1 N–H and O–H groups in total. The van der Waals surface area contributed by atoms with Gasteiger partial charge in [0.1, 0.15) is 11.6 Å². The first-order valence-corrected chi connectivity index (χ1v) is 11.7. The van der Waals surface area contributed by atoms with Gasteiger partial charge in [-0.3, -0.25) is 4.79 Å². The summed E-state index contributed by atoms with van der Waals surface area (Å²) < 4.78 is 7.56. The lowest BCUT2D eigenvalue weighted by Crippen LogP contribution is -2.14. The summed E-state index contributed by atoms with van der Waals surface area (Å²) in [5.74, 6) is 1.40. The van der Waals surface area contributed by atoms with E-state index in [-0.39, 0.29) is 11.7 Å². The molecule has 0 saturated heterocycles. The average molecular weight is 520 g/mol. The number of hydrogen-bond acceptors (Lipinski definition) is 5. The van der Waals surface area contributed by atoms with Gasteiger partial charge in [0.05, 0.1) is 27.4 Å². The zero-order valence-corrected chi connectivity index (χ0v) is 20.2. The normalized spacial score (nSPS) is 10.9. The summed E-state index contributed by atoms with van der Waals surface area (Å²) in [5.41, 5.74) is 0.583. The quantitative estimate of drug-likeness (QED) is 0.270. The van der Waals surface area contributed by atoms with Crippen LogP contribution in [-0.4, -0.2) is 33.0 Å². The van der Waals surface area contributed by atoms with Gasteiger partial charge in [0.25, 0.3) is 0 Å². The predicted octanol–water partition coefficient (Wildman–Crippen LogP) is 6.17. The minimum atomic E-state index is -0.179. The largest absolute Gasteiger partial charge is 0.492 e. The first kappa shape index (κ1) is 24.0. The van der Waals surface area contributed by atoms with E-state index < -0.39 is 0 Å². The molecule has 0 spiro atoms. The molecule has 3 aromatic rings. The van der Waals surface area contributed by atoms with Crippen LogP contribution in [0.25, 0.3) is 0 Å². The van der Waals surface area contributed by atoms with Gasteiger partial charge >= 0.3 is 0 Å². The molecular weight excluding hydrogens is 502 g/mol. The lowest BCUT2D eigenvalue weighted by atomic mass is 10.3. The Bertz CT molecular complexity index is 1080. The van der Waals surface area contributed by atoms with Crippen molar-refractivity contribution in [2.75, 3.05) is 17.7 Å². The molecule has 31 heavy (non-hydrogen) atoms. The monoisotopic (exact) mass is 518 g/mol. The fraction of sp³-hybridized carbons (Fsp3) is 0.250. The Labute approximate surface area is 204 Å². The Morgan fingerprint density at radius 3 is 2.61 bits per heavy atom. The molecule has 0 radical (unpaired) electrons. The molecule has 0 aliphatic carbocycles. The van der Waals surface area contributed by atoms with Crippen molar-refractivity contribution in [1.82, 2.24) is 14.8 Å². The van der Waals surface area contributed by atoms with Crippen LogP contribution in [0.1, 0.15) is 12.2 Å². The van der Waals surface area contributed by atoms with E-state index in [0.29, 0.717) is 49.7 Å². The number of hydrogen-bond donors (Lipinski definition) is 1. The number of benzene rings is 2. The maximum Gasteiger partial charge on any atom is 0.234 e. The lowest BCUT2D eigenvalue weighted by Gasteiger charge is -2.08. The number of anilines is 1. The van der Waals surface area contributed by atoms with Gasteiger partial charge in [0.2, 0.25) is 5.91 Å². The number of nitrogens with one attached hydrogen (secondary N) is 1. The van der Waals surface area contributed by atoms with Crippen LogP contribution in [-0.2, 0) is 18.3 Å². The molecule has 0 unspecified atom stereocenters. The van der Waals surface area contributed by atoms with E-state index >= 15 is 0 Å². The van der Waals surface area contributed by atoms with Gasteiger partial charge < -0.3 is 14.6 Å². The van der Waals surface area contributed by atoms with Gasteiger partial charge in [0, 0.05) is 24.2 Å². The second kappa shape index (κ2) is 11.3. The molecule has 0 aliphatic rings. The average Bonchev–Trinajstić information content (AvgIpc) is 3.07. The third-order valence-corrected chi connectivity index (χ3v) is 6.45. The SMILES string of the molecule is Cn1c(CCCOc2ccc(Cl)cc2Cl)nnc1SCC(=O)Nc1ccc(Cl)c(Cl)c1. The highest BCUT2D eigenvalue weighted by Gasteiger charge is 2.12. The van der Waals surface area contributed by atoms with Crippen LogP contribution in [0.3, 0.4) is 0 Å². The fourth-order valence-electron chi connectivity index (χ4n) is 2.59. The van der Waals surface area contributed by atoms with Crippen LogP contribution >= 0.6 is 58.2 Å². The van der Waals surface area contributed by atoms with E-state index in [1.54, 1.807) is 36.4 Å². The number of carbonyl (C=O) groups is 1. The van der Waals surface area contributed by atoms with Gasteiger partial charge in [-0.2, -0.15) is 0 Å². The van der Waals surface area contributed by atoms with Crippen molar-refractivity contribution in [2.24, 2.45) is 7.05 Å². The van der Waals surface area contributed by atoms with Crippen molar-refractivity contribution in [3.05, 3.63) is 62.3 Å². The van der Waals surface area contributed by atoms with Gasteiger partial charge in [0.15, 0.2) is 5.16 Å². The second-order valence-electron chi connectivity index (χ2n) is 6.45. The van der Waals surface area contributed by atoms with Crippen LogP contribution in [0.5, 0.6) is 5.75 Å². The smallest absolute Gasteiger partial charge is 0.234 e. The highest BCUT2D eigenvalue weighted by molar-refractivity contribution is 7.99. The Hall–Kier alpha value is -1.64. The second-order valence-corrected chi connectivity index (χ2v) is 9.05. The predicted molar refractivity (Wildman–Crippen MR) is 127 cm³/mol. The number of ether oxygens (including phenoxy) is 1. The van der Waals surface area contributed by atoms with Crippen LogP contribution in [0.4, 0.5) is 5.69 Å². The van der Waals surface area contributed by atoms with Crippen molar-refractivity contribution in [3.63, 3.8) is 0 Å². The standard InChI is InChI=1S/C20H18Cl4N4O2S/c1-28-18(3-2-8-30-17-7-4-12(21)9-16(17)24)26-27-20(28)31-11-19(29)25-13-5-6-14(22)15(23)10-13/h4-7,9-10H,2-3,8,11H2,1H3,(H,25,29). The zero-order valence-electron chi connectivity index (χ0n) is 16.4. The maximum atomic E-state index is 12.2. The van der Waals surface area contributed by atoms with E-state index in [4.69, 9.17) is 51.1 Å². The fourth-order valence-corrected chi connectivity index (χ4v) is 4.09.